The lowest BCUT2D eigenvalue weighted by Crippen LogP contribution is -2.34. The first-order valence-corrected chi connectivity index (χ1v) is 6.58. The molecule has 5 heteroatoms. The van der Waals surface area contributed by atoms with Crippen LogP contribution in [-0.4, -0.2) is 32.2 Å². The van der Waals surface area contributed by atoms with Crippen LogP contribution in [-0.2, 0) is 9.53 Å². The predicted octanol–water partition coefficient (Wildman–Crippen LogP) is 1.78. The first-order chi connectivity index (χ1) is 9.25. The Morgan fingerprint density at radius 1 is 1.42 bits per heavy atom. The number of para-hydroxylation sites is 1. The van der Waals surface area contributed by atoms with Crippen molar-refractivity contribution in [3.63, 3.8) is 0 Å². The van der Waals surface area contributed by atoms with Crippen LogP contribution in [0.4, 0.5) is 10.1 Å². The zero-order chi connectivity index (χ0) is 13.5. The standard InChI is InChI=1S/C14H19FN2O2/c15-12-5-1-2-6-13(12)17-14(18)9-16-8-11-4-3-7-19-10-11/h1-2,5-6,11,16H,3-4,7-10H2,(H,17,18). The molecular weight excluding hydrogens is 247 g/mol. The molecule has 1 atom stereocenters. The number of amides is 1. The molecule has 0 aromatic heterocycles. The molecule has 1 unspecified atom stereocenters. The molecule has 104 valence electrons. The summed E-state index contributed by atoms with van der Waals surface area (Å²) >= 11 is 0. The summed E-state index contributed by atoms with van der Waals surface area (Å²) in [6, 6.07) is 6.14. The Labute approximate surface area is 112 Å². The van der Waals surface area contributed by atoms with E-state index in [1.54, 1.807) is 18.2 Å². The van der Waals surface area contributed by atoms with Crippen molar-refractivity contribution in [3.8, 4) is 0 Å². The second-order valence-corrected chi connectivity index (χ2v) is 4.74. The molecule has 0 spiro atoms. The van der Waals surface area contributed by atoms with Crippen LogP contribution in [0.3, 0.4) is 0 Å². The summed E-state index contributed by atoms with van der Waals surface area (Å²) in [6.45, 7) is 2.53. The average molecular weight is 266 g/mol. The average Bonchev–Trinajstić information content (AvgIpc) is 2.43. The van der Waals surface area contributed by atoms with E-state index in [0.717, 1.165) is 32.6 Å². The van der Waals surface area contributed by atoms with E-state index in [9.17, 15) is 9.18 Å². The summed E-state index contributed by atoms with van der Waals surface area (Å²) in [6.07, 6.45) is 2.20. The number of carbonyl (C=O) groups is 1. The van der Waals surface area contributed by atoms with Gasteiger partial charge in [0.05, 0.1) is 18.8 Å². The fraction of sp³-hybridized carbons (Fsp3) is 0.500. The highest BCUT2D eigenvalue weighted by atomic mass is 19.1. The number of carbonyl (C=O) groups excluding carboxylic acids is 1. The van der Waals surface area contributed by atoms with Crippen molar-refractivity contribution in [1.29, 1.82) is 0 Å². The van der Waals surface area contributed by atoms with E-state index in [-0.39, 0.29) is 18.1 Å². The van der Waals surface area contributed by atoms with Gasteiger partial charge in [0, 0.05) is 13.2 Å². The quantitative estimate of drug-likeness (QED) is 0.854. The Balaban J connectivity index is 1.68. The molecule has 2 N–H and O–H groups in total. The molecule has 0 saturated carbocycles. The highest BCUT2D eigenvalue weighted by Gasteiger charge is 2.14. The van der Waals surface area contributed by atoms with Crippen molar-refractivity contribution in [3.05, 3.63) is 30.1 Å². The second-order valence-electron chi connectivity index (χ2n) is 4.74. The van der Waals surface area contributed by atoms with Crippen molar-refractivity contribution in [1.82, 2.24) is 5.32 Å². The number of rotatable bonds is 5. The van der Waals surface area contributed by atoms with Crippen molar-refractivity contribution >= 4 is 11.6 Å². The highest BCUT2D eigenvalue weighted by molar-refractivity contribution is 5.92. The maximum Gasteiger partial charge on any atom is 0.238 e. The van der Waals surface area contributed by atoms with Gasteiger partial charge < -0.3 is 15.4 Å². The van der Waals surface area contributed by atoms with Crippen LogP contribution >= 0.6 is 0 Å². The molecule has 1 aromatic rings. The van der Waals surface area contributed by atoms with Crippen molar-refractivity contribution in [2.45, 2.75) is 12.8 Å². The topological polar surface area (TPSA) is 50.4 Å². The van der Waals surface area contributed by atoms with Gasteiger partial charge in [-0.2, -0.15) is 0 Å². The summed E-state index contributed by atoms with van der Waals surface area (Å²) in [4.78, 5) is 11.6. The Morgan fingerprint density at radius 2 is 2.26 bits per heavy atom. The molecule has 1 amide bonds. The number of benzene rings is 1. The van der Waals surface area contributed by atoms with Gasteiger partial charge in [0.1, 0.15) is 5.82 Å². The van der Waals surface area contributed by atoms with Gasteiger partial charge >= 0.3 is 0 Å². The van der Waals surface area contributed by atoms with Gasteiger partial charge in [0.15, 0.2) is 0 Å². The minimum absolute atomic E-state index is 0.185. The molecule has 1 fully saturated rings. The third-order valence-electron chi connectivity index (χ3n) is 3.12. The van der Waals surface area contributed by atoms with Crippen LogP contribution in [0.25, 0.3) is 0 Å². The van der Waals surface area contributed by atoms with E-state index in [2.05, 4.69) is 10.6 Å². The number of nitrogens with one attached hydrogen (secondary N) is 2. The van der Waals surface area contributed by atoms with Gasteiger partial charge in [-0.15, -0.1) is 0 Å². The number of halogens is 1. The lowest BCUT2D eigenvalue weighted by Gasteiger charge is -2.22. The third kappa shape index (κ3) is 4.61. The van der Waals surface area contributed by atoms with Crippen LogP contribution in [0.1, 0.15) is 12.8 Å². The van der Waals surface area contributed by atoms with Crippen molar-refractivity contribution < 1.29 is 13.9 Å². The Bertz CT molecular complexity index is 420. The lowest BCUT2D eigenvalue weighted by atomic mass is 10.0. The van der Waals surface area contributed by atoms with E-state index in [4.69, 9.17) is 4.74 Å². The maximum absolute atomic E-state index is 13.3. The summed E-state index contributed by atoms with van der Waals surface area (Å²) in [5, 5.41) is 5.62. The van der Waals surface area contributed by atoms with Crippen LogP contribution in [0.15, 0.2) is 24.3 Å². The van der Waals surface area contributed by atoms with E-state index in [1.807, 2.05) is 0 Å². The minimum Gasteiger partial charge on any atom is -0.381 e. The molecule has 0 aliphatic carbocycles. The number of hydrogen-bond acceptors (Lipinski definition) is 3. The fourth-order valence-corrected chi connectivity index (χ4v) is 2.12. The van der Waals surface area contributed by atoms with Crippen LogP contribution in [0.2, 0.25) is 0 Å². The number of anilines is 1. The summed E-state index contributed by atoms with van der Waals surface area (Å²) in [7, 11) is 0. The zero-order valence-corrected chi connectivity index (χ0v) is 10.8. The lowest BCUT2D eigenvalue weighted by molar-refractivity contribution is -0.115. The monoisotopic (exact) mass is 266 g/mol. The molecule has 0 bridgehead atoms. The molecule has 1 saturated heterocycles. The summed E-state index contributed by atoms with van der Waals surface area (Å²) in [5.41, 5.74) is 0.218. The van der Waals surface area contributed by atoms with Gasteiger partial charge in [-0.3, -0.25) is 4.79 Å². The van der Waals surface area contributed by atoms with Crippen molar-refractivity contribution in [2.24, 2.45) is 5.92 Å². The van der Waals surface area contributed by atoms with Crippen LogP contribution in [0.5, 0.6) is 0 Å². The second kappa shape index (κ2) is 7.21. The minimum atomic E-state index is -0.420. The van der Waals surface area contributed by atoms with E-state index in [0.29, 0.717) is 5.92 Å². The maximum atomic E-state index is 13.3. The normalized spacial score (nSPS) is 19.1. The van der Waals surface area contributed by atoms with E-state index < -0.39 is 5.82 Å². The molecule has 2 rings (SSSR count). The highest BCUT2D eigenvalue weighted by Crippen LogP contribution is 2.13. The Morgan fingerprint density at radius 3 is 3.00 bits per heavy atom. The number of hydrogen-bond donors (Lipinski definition) is 2. The van der Waals surface area contributed by atoms with Crippen LogP contribution in [0, 0.1) is 11.7 Å². The summed E-state index contributed by atoms with van der Waals surface area (Å²) in [5.74, 6) is -0.187. The first-order valence-electron chi connectivity index (χ1n) is 6.58. The van der Waals surface area contributed by atoms with E-state index in [1.165, 1.54) is 6.07 Å². The molecule has 19 heavy (non-hydrogen) atoms. The summed E-state index contributed by atoms with van der Waals surface area (Å²) < 4.78 is 18.7. The molecule has 0 radical (unpaired) electrons. The molecule has 1 aromatic carbocycles. The smallest absolute Gasteiger partial charge is 0.238 e. The third-order valence-corrected chi connectivity index (χ3v) is 3.12. The van der Waals surface area contributed by atoms with Gasteiger partial charge in [-0.05, 0) is 30.9 Å². The Kier molecular flexibility index (Phi) is 5.30. The zero-order valence-electron chi connectivity index (χ0n) is 10.8. The Hall–Kier alpha value is -1.46. The largest absolute Gasteiger partial charge is 0.381 e. The van der Waals surface area contributed by atoms with Gasteiger partial charge in [-0.1, -0.05) is 12.1 Å². The van der Waals surface area contributed by atoms with E-state index >= 15 is 0 Å². The number of ether oxygens (including phenoxy) is 1. The molecule has 4 nitrogen and oxygen atoms in total. The molecule has 1 aliphatic heterocycles. The molecular formula is C14H19FN2O2. The predicted molar refractivity (Wildman–Crippen MR) is 71.4 cm³/mol. The van der Waals surface area contributed by atoms with Gasteiger partial charge in [-0.25, -0.2) is 4.39 Å². The molecule has 1 aliphatic rings. The van der Waals surface area contributed by atoms with Gasteiger partial charge in [0.25, 0.3) is 0 Å². The van der Waals surface area contributed by atoms with Gasteiger partial charge in [0.2, 0.25) is 5.91 Å². The molecule has 1 heterocycles. The van der Waals surface area contributed by atoms with Crippen molar-refractivity contribution in [2.75, 3.05) is 31.6 Å². The fourth-order valence-electron chi connectivity index (χ4n) is 2.12. The first kappa shape index (κ1) is 14.0. The van der Waals surface area contributed by atoms with Crippen LogP contribution < -0.4 is 10.6 Å². The SMILES string of the molecule is O=C(CNCC1CCCOC1)Nc1ccccc1F.